The van der Waals surface area contributed by atoms with Crippen molar-refractivity contribution in [1.82, 2.24) is 9.80 Å². The highest BCUT2D eigenvalue weighted by Gasteiger charge is 2.34. The van der Waals surface area contributed by atoms with Crippen LogP contribution in [0.15, 0.2) is 28.7 Å². The zero-order valence-corrected chi connectivity index (χ0v) is 13.7. The van der Waals surface area contributed by atoms with E-state index in [1.54, 1.807) is 0 Å². The molecule has 1 heterocycles. The van der Waals surface area contributed by atoms with Gasteiger partial charge in [0.05, 0.1) is 6.04 Å². The smallest absolute Gasteiger partial charge is 0.0508 e. The Labute approximate surface area is 130 Å². The molecule has 0 amide bonds. The quantitative estimate of drug-likeness (QED) is 0.916. The first-order valence-corrected chi connectivity index (χ1v) is 8.44. The summed E-state index contributed by atoms with van der Waals surface area (Å²) >= 11 is 3.68. The molecule has 4 heteroatoms. The van der Waals surface area contributed by atoms with Crippen molar-refractivity contribution in [3.8, 4) is 0 Å². The van der Waals surface area contributed by atoms with Crippen LogP contribution >= 0.6 is 15.9 Å². The molecule has 0 bridgehead atoms. The first-order valence-electron chi connectivity index (χ1n) is 7.65. The average Bonchev–Trinajstić information content (AvgIpc) is 3.26. The monoisotopic (exact) mass is 337 g/mol. The molecule has 1 aliphatic heterocycles. The van der Waals surface area contributed by atoms with E-state index < -0.39 is 0 Å². The van der Waals surface area contributed by atoms with Crippen LogP contribution in [0.3, 0.4) is 0 Å². The second-order valence-corrected chi connectivity index (χ2v) is 6.98. The van der Waals surface area contributed by atoms with Gasteiger partial charge in [-0.25, -0.2) is 0 Å². The van der Waals surface area contributed by atoms with Crippen molar-refractivity contribution in [3.05, 3.63) is 34.3 Å². The summed E-state index contributed by atoms with van der Waals surface area (Å²) in [4.78, 5) is 5.21. The molecule has 1 aromatic carbocycles. The molecule has 2 aliphatic rings. The summed E-state index contributed by atoms with van der Waals surface area (Å²) in [5.74, 6) is 0. The SMILES string of the molecule is CC(N)C(c1ccccc1Br)N1CCN(C2CC2)CC1. The first kappa shape index (κ1) is 14.5. The molecule has 1 aromatic rings. The Balaban J connectivity index is 1.73. The number of benzene rings is 1. The minimum atomic E-state index is 0.140. The molecule has 0 spiro atoms. The van der Waals surface area contributed by atoms with Gasteiger partial charge < -0.3 is 5.73 Å². The fraction of sp³-hybridized carbons (Fsp3) is 0.625. The van der Waals surface area contributed by atoms with Gasteiger partial charge in [0.15, 0.2) is 0 Å². The van der Waals surface area contributed by atoms with E-state index in [0.717, 1.165) is 19.1 Å². The molecule has 1 aliphatic carbocycles. The number of hydrogen-bond donors (Lipinski definition) is 1. The molecule has 0 aromatic heterocycles. The first-order chi connectivity index (χ1) is 9.66. The molecule has 110 valence electrons. The van der Waals surface area contributed by atoms with E-state index >= 15 is 0 Å². The summed E-state index contributed by atoms with van der Waals surface area (Å²) in [5, 5.41) is 0. The Morgan fingerprint density at radius 2 is 1.80 bits per heavy atom. The van der Waals surface area contributed by atoms with Crippen LogP contribution in [0.5, 0.6) is 0 Å². The Bertz CT molecular complexity index is 451. The van der Waals surface area contributed by atoms with E-state index in [1.807, 2.05) is 0 Å². The number of piperazine rings is 1. The lowest BCUT2D eigenvalue weighted by Crippen LogP contribution is -2.51. The molecule has 1 saturated carbocycles. The Hall–Kier alpha value is -0.420. The van der Waals surface area contributed by atoms with E-state index in [-0.39, 0.29) is 6.04 Å². The molecule has 2 N–H and O–H groups in total. The van der Waals surface area contributed by atoms with Crippen LogP contribution in [0.2, 0.25) is 0 Å². The Morgan fingerprint density at radius 1 is 1.15 bits per heavy atom. The fourth-order valence-corrected chi connectivity index (χ4v) is 3.87. The Morgan fingerprint density at radius 3 is 2.35 bits per heavy atom. The maximum atomic E-state index is 6.30. The van der Waals surface area contributed by atoms with Gasteiger partial charge in [0.25, 0.3) is 0 Å². The molecule has 0 radical (unpaired) electrons. The molecule has 2 unspecified atom stereocenters. The summed E-state index contributed by atoms with van der Waals surface area (Å²) in [6.45, 7) is 6.77. The van der Waals surface area contributed by atoms with Gasteiger partial charge >= 0.3 is 0 Å². The van der Waals surface area contributed by atoms with Gasteiger partial charge in [-0.15, -0.1) is 0 Å². The molecule has 20 heavy (non-hydrogen) atoms. The van der Waals surface area contributed by atoms with Gasteiger partial charge in [-0.05, 0) is 31.4 Å². The maximum Gasteiger partial charge on any atom is 0.0508 e. The number of halogens is 1. The highest BCUT2D eigenvalue weighted by Crippen LogP contribution is 2.32. The van der Waals surface area contributed by atoms with E-state index in [2.05, 4.69) is 56.9 Å². The molecular formula is C16H24BrN3. The van der Waals surface area contributed by atoms with Gasteiger partial charge in [0.2, 0.25) is 0 Å². The largest absolute Gasteiger partial charge is 0.326 e. The highest BCUT2D eigenvalue weighted by atomic mass is 79.9. The third-order valence-electron chi connectivity index (χ3n) is 4.53. The lowest BCUT2D eigenvalue weighted by molar-refractivity contribution is 0.0823. The molecule has 3 nitrogen and oxygen atoms in total. The number of nitrogens with zero attached hydrogens (tertiary/aromatic N) is 2. The minimum absolute atomic E-state index is 0.140. The third-order valence-corrected chi connectivity index (χ3v) is 5.25. The van der Waals surface area contributed by atoms with E-state index in [0.29, 0.717) is 6.04 Å². The summed E-state index contributed by atoms with van der Waals surface area (Å²) in [7, 11) is 0. The summed E-state index contributed by atoms with van der Waals surface area (Å²) in [6, 6.07) is 9.83. The lowest BCUT2D eigenvalue weighted by Gasteiger charge is -2.41. The normalized spacial score (nSPS) is 24.6. The predicted octanol–water partition coefficient (Wildman–Crippen LogP) is 2.62. The van der Waals surface area contributed by atoms with E-state index in [9.17, 15) is 0 Å². The van der Waals surface area contributed by atoms with Crippen LogP contribution in [-0.4, -0.2) is 48.1 Å². The molecule has 3 rings (SSSR count). The van der Waals surface area contributed by atoms with Gasteiger partial charge in [-0.3, -0.25) is 9.80 Å². The van der Waals surface area contributed by atoms with E-state index in [4.69, 9.17) is 5.73 Å². The van der Waals surface area contributed by atoms with Crippen molar-refractivity contribution in [1.29, 1.82) is 0 Å². The zero-order chi connectivity index (χ0) is 14.1. The van der Waals surface area contributed by atoms with Crippen molar-refractivity contribution in [2.45, 2.75) is 37.9 Å². The van der Waals surface area contributed by atoms with Crippen molar-refractivity contribution < 1.29 is 0 Å². The maximum absolute atomic E-state index is 6.30. The van der Waals surface area contributed by atoms with Gasteiger partial charge in [0, 0.05) is 42.7 Å². The Kier molecular flexibility index (Phi) is 4.46. The van der Waals surface area contributed by atoms with Crippen LogP contribution < -0.4 is 5.73 Å². The minimum Gasteiger partial charge on any atom is -0.326 e. The van der Waals surface area contributed by atoms with Crippen molar-refractivity contribution >= 4 is 15.9 Å². The topological polar surface area (TPSA) is 32.5 Å². The number of nitrogens with two attached hydrogens (primary N) is 1. The fourth-order valence-electron chi connectivity index (χ4n) is 3.35. The van der Waals surface area contributed by atoms with Gasteiger partial charge in [0.1, 0.15) is 0 Å². The number of hydrogen-bond acceptors (Lipinski definition) is 3. The van der Waals surface area contributed by atoms with Crippen LogP contribution in [0.4, 0.5) is 0 Å². The number of rotatable bonds is 4. The summed E-state index contributed by atoms with van der Waals surface area (Å²) in [5.41, 5.74) is 7.62. The van der Waals surface area contributed by atoms with Crippen LogP contribution in [0, 0.1) is 0 Å². The zero-order valence-electron chi connectivity index (χ0n) is 12.1. The van der Waals surface area contributed by atoms with Gasteiger partial charge in [-0.1, -0.05) is 34.1 Å². The lowest BCUT2D eigenvalue weighted by atomic mass is 9.98. The van der Waals surface area contributed by atoms with Crippen LogP contribution in [0.25, 0.3) is 0 Å². The molecule has 2 fully saturated rings. The van der Waals surface area contributed by atoms with Crippen LogP contribution in [0.1, 0.15) is 31.4 Å². The molecule has 1 saturated heterocycles. The summed E-state index contributed by atoms with van der Waals surface area (Å²) < 4.78 is 1.17. The average molecular weight is 338 g/mol. The van der Waals surface area contributed by atoms with Crippen molar-refractivity contribution in [2.75, 3.05) is 26.2 Å². The second-order valence-electron chi connectivity index (χ2n) is 6.13. The highest BCUT2D eigenvalue weighted by molar-refractivity contribution is 9.10. The van der Waals surface area contributed by atoms with Crippen molar-refractivity contribution in [3.63, 3.8) is 0 Å². The molecule has 2 atom stereocenters. The molecular weight excluding hydrogens is 314 g/mol. The van der Waals surface area contributed by atoms with Crippen LogP contribution in [-0.2, 0) is 0 Å². The third kappa shape index (κ3) is 3.08. The summed E-state index contributed by atoms with van der Waals surface area (Å²) in [6.07, 6.45) is 2.81. The predicted molar refractivity (Wildman–Crippen MR) is 86.7 cm³/mol. The second kappa shape index (κ2) is 6.14. The van der Waals surface area contributed by atoms with Crippen molar-refractivity contribution in [2.24, 2.45) is 5.73 Å². The van der Waals surface area contributed by atoms with Gasteiger partial charge in [-0.2, -0.15) is 0 Å². The van der Waals surface area contributed by atoms with E-state index in [1.165, 1.54) is 36.0 Å². The standard InChI is InChI=1S/C16H24BrN3/c1-12(18)16(14-4-2-3-5-15(14)17)20-10-8-19(9-11-20)13-6-7-13/h2-5,12-13,16H,6-11,18H2,1H3.